The van der Waals surface area contributed by atoms with E-state index in [1.54, 1.807) is 36.2 Å². The summed E-state index contributed by atoms with van der Waals surface area (Å²) >= 11 is 0. The molecule has 7 heteroatoms. The Morgan fingerprint density at radius 2 is 2.30 bits per heavy atom. The van der Waals surface area contributed by atoms with E-state index < -0.39 is 0 Å². The summed E-state index contributed by atoms with van der Waals surface area (Å²) < 4.78 is 11.0. The van der Waals surface area contributed by atoms with Crippen molar-refractivity contribution >= 4 is 11.8 Å². The van der Waals surface area contributed by atoms with Crippen LogP contribution in [-0.2, 0) is 0 Å². The summed E-state index contributed by atoms with van der Waals surface area (Å²) in [4.78, 5) is 29.5. The molecule has 0 radical (unpaired) electrons. The third-order valence-electron chi connectivity index (χ3n) is 3.66. The molecule has 1 aliphatic rings. The average molecular weight is 315 g/mol. The van der Waals surface area contributed by atoms with E-state index in [2.05, 4.69) is 10.3 Å². The summed E-state index contributed by atoms with van der Waals surface area (Å²) in [5, 5.41) is 2.52. The summed E-state index contributed by atoms with van der Waals surface area (Å²) in [6.45, 7) is 1.09. The van der Waals surface area contributed by atoms with Crippen LogP contribution in [0.3, 0.4) is 0 Å². The second kappa shape index (κ2) is 6.51. The number of amides is 2. The minimum absolute atomic E-state index is 0.117. The lowest BCUT2D eigenvalue weighted by molar-refractivity contribution is 0.0741. The van der Waals surface area contributed by atoms with Crippen LogP contribution < -0.4 is 10.1 Å². The van der Waals surface area contributed by atoms with Gasteiger partial charge in [0.1, 0.15) is 17.5 Å². The lowest BCUT2D eigenvalue weighted by Crippen LogP contribution is -2.30. The number of aromatic nitrogens is 1. The Morgan fingerprint density at radius 3 is 3.04 bits per heavy atom. The number of hydrogen-bond acceptors (Lipinski definition) is 5. The van der Waals surface area contributed by atoms with Crippen molar-refractivity contribution in [3.63, 3.8) is 0 Å². The van der Waals surface area contributed by atoms with E-state index in [0.717, 1.165) is 6.42 Å². The maximum atomic E-state index is 12.2. The van der Waals surface area contributed by atoms with Crippen molar-refractivity contribution in [2.24, 2.45) is 0 Å². The number of nitrogens with one attached hydrogen (secondary N) is 1. The van der Waals surface area contributed by atoms with Crippen LogP contribution in [0.5, 0.6) is 5.75 Å². The lowest BCUT2D eigenvalue weighted by Gasteiger charge is -2.16. The molecule has 3 heterocycles. The standard InChI is InChI=1S/C16H17N3O4/c1-17-15(20)13-9-11(4-6-18-13)23-12-5-7-19(10-12)16(21)14-3-2-8-22-14/h2-4,6,8-9,12H,5,7,10H2,1H3,(H,17,20). The summed E-state index contributed by atoms with van der Waals surface area (Å²) in [6, 6.07) is 6.63. The summed E-state index contributed by atoms with van der Waals surface area (Å²) in [5.41, 5.74) is 0.298. The fraction of sp³-hybridized carbons (Fsp3) is 0.312. The van der Waals surface area contributed by atoms with Crippen LogP contribution in [0.25, 0.3) is 0 Å². The molecule has 0 saturated carbocycles. The molecule has 1 unspecified atom stereocenters. The molecule has 3 rings (SSSR count). The molecule has 1 fully saturated rings. The van der Waals surface area contributed by atoms with Crippen molar-refractivity contribution < 1.29 is 18.7 Å². The molecule has 23 heavy (non-hydrogen) atoms. The van der Waals surface area contributed by atoms with Crippen LogP contribution in [0.2, 0.25) is 0 Å². The number of rotatable bonds is 4. The van der Waals surface area contributed by atoms with Gasteiger partial charge >= 0.3 is 0 Å². The molecule has 2 amide bonds. The minimum Gasteiger partial charge on any atom is -0.488 e. The number of hydrogen-bond donors (Lipinski definition) is 1. The molecule has 0 spiro atoms. The fourth-order valence-corrected chi connectivity index (χ4v) is 2.49. The summed E-state index contributed by atoms with van der Waals surface area (Å²) in [6.07, 6.45) is 3.62. The molecular formula is C16H17N3O4. The molecule has 2 aromatic rings. The van der Waals surface area contributed by atoms with Gasteiger partial charge in [0.25, 0.3) is 11.8 Å². The predicted octanol–water partition coefficient (Wildman–Crippen LogP) is 1.33. The highest BCUT2D eigenvalue weighted by atomic mass is 16.5. The predicted molar refractivity (Wildman–Crippen MR) is 81.3 cm³/mol. The Kier molecular flexibility index (Phi) is 4.27. The van der Waals surface area contributed by atoms with Gasteiger partial charge < -0.3 is 19.4 Å². The molecule has 1 N–H and O–H groups in total. The summed E-state index contributed by atoms with van der Waals surface area (Å²) in [5.74, 6) is 0.491. The first-order valence-corrected chi connectivity index (χ1v) is 7.35. The molecule has 1 saturated heterocycles. The monoisotopic (exact) mass is 315 g/mol. The lowest BCUT2D eigenvalue weighted by atomic mass is 10.3. The number of carbonyl (C=O) groups excluding carboxylic acids is 2. The topological polar surface area (TPSA) is 84.7 Å². The quantitative estimate of drug-likeness (QED) is 0.920. The van der Waals surface area contributed by atoms with Gasteiger partial charge in [-0.3, -0.25) is 14.6 Å². The van der Waals surface area contributed by atoms with Crippen molar-refractivity contribution in [3.05, 3.63) is 48.2 Å². The van der Waals surface area contributed by atoms with Gasteiger partial charge in [-0.2, -0.15) is 0 Å². The Morgan fingerprint density at radius 1 is 1.43 bits per heavy atom. The second-order valence-corrected chi connectivity index (χ2v) is 5.21. The van der Waals surface area contributed by atoms with Gasteiger partial charge in [-0.15, -0.1) is 0 Å². The maximum Gasteiger partial charge on any atom is 0.289 e. The van der Waals surface area contributed by atoms with E-state index in [1.807, 2.05) is 0 Å². The number of likely N-dealkylation sites (tertiary alicyclic amines) is 1. The van der Waals surface area contributed by atoms with Gasteiger partial charge in [0.15, 0.2) is 5.76 Å². The summed E-state index contributed by atoms with van der Waals surface area (Å²) in [7, 11) is 1.55. The van der Waals surface area contributed by atoms with Gasteiger partial charge in [-0.25, -0.2) is 0 Å². The van der Waals surface area contributed by atoms with Crippen molar-refractivity contribution in [1.82, 2.24) is 15.2 Å². The Labute approximate surface area is 133 Å². The van der Waals surface area contributed by atoms with E-state index in [-0.39, 0.29) is 17.9 Å². The van der Waals surface area contributed by atoms with Crippen molar-refractivity contribution in [1.29, 1.82) is 0 Å². The second-order valence-electron chi connectivity index (χ2n) is 5.21. The van der Waals surface area contributed by atoms with Crippen LogP contribution >= 0.6 is 0 Å². The largest absolute Gasteiger partial charge is 0.488 e. The van der Waals surface area contributed by atoms with E-state index in [0.29, 0.717) is 30.3 Å². The molecule has 2 aromatic heterocycles. The molecule has 0 bridgehead atoms. The number of furan rings is 1. The average Bonchev–Trinajstić information content (AvgIpc) is 3.25. The third-order valence-corrected chi connectivity index (χ3v) is 3.66. The van der Waals surface area contributed by atoms with Crippen LogP contribution in [0.4, 0.5) is 0 Å². The van der Waals surface area contributed by atoms with Gasteiger partial charge in [-0.1, -0.05) is 0 Å². The highest BCUT2D eigenvalue weighted by molar-refractivity contribution is 5.92. The van der Waals surface area contributed by atoms with Crippen LogP contribution in [0.15, 0.2) is 41.1 Å². The first-order chi connectivity index (χ1) is 11.2. The third kappa shape index (κ3) is 3.33. The van der Waals surface area contributed by atoms with E-state index in [4.69, 9.17) is 9.15 Å². The molecule has 0 aliphatic carbocycles. The number of ether oxygens (including phenoxy) is 1. The van der Waals surface area contributed by atoms with E-state index in [9.17, 15) is 9.59 Å². The normalized spacial score (nSPS) is 17.1. The molecule has 120 valence electrons. The minimum atomic E-state index is -0.267. The van der Waals surface area contributed by atoms with Crippen LogP contribution in [0, 0.1) is 0 Å². The number of carbonyl (C=O) groups is 2. The smallest absolute Gasteiger partial charge is 0.289 e. The number of nitrogens with zero attached hydrogens (tertiary/aromatic N) is 2. The maximum absolute atomic E-state index is 12.2. The first-order valence-electron chi connectivity index (χ1n) is 7.35. The van der Waals surface area contributed by atoms with E-state index in [1.165, 1.54) is 12.5 Å². The highest BCUT2D eigenvalue weighted by Gasteiger charge is 2.29. The van der Waals surface area contributed by atoms with Gasteiger partial charge in [-0.05, 0) is 18.2 Å². The van der Waals surface area contributed by atoms with Gasteiger partial charge in [0.05, 0.1) is 12.8 Å². The zero-order valence-corrected chi connectivity index (χ0v) is 12.7. The first kappa shape index (κ1) is 15.1. The zero-order chi connectivity index (χ0) is 16.2. The van der Waals surface area contributed by atoms with E-state index >= 15 is 0 Å². The molecular weight excluding hydrogens is 298 g/mol. The Hall–Kier alpha value is -2.83. The van der Waals surface area contributed by atoms with Crippen molar-refractivity contribution in [2.45, 2.75) is 12.5 Å². The van der Waals surface area contributed by atoms with Crippen molar-refractivity contribution in [2.75, 3.05) is 20.1 Å². The van der Waals surface area contributed by atoms with Gasteiger partial charge in [0, 0.05) is 32.3 Å². The molecule has 1 aliphatic heterocycles. The zero-order valence-electron chi connectivity index (χ0n) is 12.7. The number of pyridine rings is 1. The SMILES string of the molecule is CNC(=O)c1cc(OC2CCN(C(=O)c3ccco3)C2)ccn1. The molecule has 1 atom stereocenters. The molecule has 7 nitrogen and oxygen atoms in total. The Bertz CT molecular complexity index is 699. The van der Waals surface area contributed by atoms with Gasteiger partial charge in [0.2, 0.25) is 0 Å². The highest BCUT2D eigenvalue weighted by Crippen LogP contribution is 2.20. The van der Waals surface area contributed by atoms with Crippen molar-refractivity contribution in [3.8, 4) is 5.75 Å². The molecule has 0 aromatic carbocycles. The van der Waals surface area contributed by atoms with Crippen LogP contribution in [0.1, 0.15) is 27.5 Å². The van der Waals surface area contributed by atoms with Crippen LogP contribution in [-0.4, -0.2) is 47.9 Å². The fourth-order valence-electron chi connectivity index (χ4n) is 2.49. The Balaban J connectivity index is 1.62.